The lowest BCUT2D eigenvalue weighted by atomic mass is 9.92. The first-order chi connectivity index (χ1) is 8.93. The van der Waals surface area contributed by atoms with Gasteiger partial charge in [0.2, 0.25) is 0 Å². The van der Waals surface area contributed by atoms with Crippen LogP contribution >= 0.6 is 0 Å². The van der Waals surface area contributed by atoms with Gasteiger partial charge in [0, 0.05) is 5.39 Å². The highest BCUT2D eigenvalue weighted by atomic mass is 14.7. The number of nitrogens with zero attached hydrogens (tertiary/aromatic N) is 2. The van der Waals surface area contributed by atoms with Gasteiger partial charge in [-0.05, 0) is 42.0 Å². The molecule has 19 heavy (non-hydrogen) atoms. The molecule has 0 aliphatic heterocycles. The summed E-state index contributed by atoms with van der Waals surface area (Å²) < 4.78 is 0. The van der Waals surface area contributed by atoms with Gasteiger partial charge in [-0.2, -0.15) is 5.26 Å². The van der Waals surface area contributed by atoms with E-state index in [0.29, 0.717) is 17.4 Å². The zero-order chi connectivity index (χ0) is 14.2. The van der Waals surface area contributed by atoms with Gasteiger partial charge < -0.3 is 0 Å². The largest absolute Gasteiger partial charge is 0.251 e. The van der Waals surface area contributed by atoms with Crippen LogP contribution in [-0.4, -0.2) is 4.98 Å². The van der Waals surface area contributed by atoms with Crippen LogP contribution in [0.2, 0.25) is 0 Å². The van der Waals surface area contributed by atoms with Gasteiger partial charge in [-0.25, -0.2) is 0 Å². The van der Waals surface area contributed by atoms with Crippen molar-refractivity contribution in [3.8, 4) is 6.07 Å². The van der Waals surface area contributed by atoms with Gasteiger partial charge >= 0.3 is 0 Å². The van der Waals surface area contributed by atoms with Crippen LogP contribution in [0, 0.1) is 18.3 Å². The number of pyridine rings is 1. The van der Waals surface area contributed by atoms with Crippen molar-refractivity contribution in [3.63, 3.8) is 0 Å². The van der Waals surface area contributed by atoms with Gasteiger partial charge in [0.05, 0.1) is 16.8 Å². The van der Waals surface area contributed by atoms with Crippen molar-refractivity contribution in [3.05, 3.63) is 40.6 Å². The molecular formula is C17H20N2. The van der Waals surface area contributed by atoms with E-state index in [-0.39, 0.29) is 0 Å². The van der Waals surface area contributed by atoms with E-state index in [1.807, 2.05) is 13.0 Å². The number of hydrogen-bond acceptors (Lipinski definition) is 2. The molecule has 0 saturated carbocycles. The van der Waals surface area contributed by atoms with Crippen LogP contribution < -0.4 is 0 Å². The van der Waals surface area contributed by atoms with Crippen LogP contribution in [0.1, 0.15) is 61.9 Å². The van der Waals surface area contributed by atoms with Gasteiger partial charge in [-0.1, -0.05) is 33.8 Å². The second-order valence-electron chi connectivity index (χ2n) is 5.72. The van der Waals surface area contributed by atoms with E-state index in [1.54, 1.807) is 0 Å². The third-order valence-corrected chi connectivity index (χ3v) is 3.57. The molecule has 0 spiro atoms. The number of rotatable bonds is 2. The first kappa shape index (κ1) is 13.5. The molecule has 1 aromatic carbocycles. The topological polar surface area (TPSA) is 36.7 Å². The first-order valence-corrected chi connectivity index (χ1v) is 6.79. The van der Waals surface area contributed by atoms with E-state index in [2.05, 4.69) is 50.9 Å². The molecule has 0 fully saturated rings. The van der Waals surface area contributed by atoms with E-state index in [1.165, 1.54) is 11.1 Å². The highest BCUT2D eigenvalue weighted by molar-refractivity contribution is 5.85. The summed E-state index contributed by atoms with van der Waals surface area (Å²) >= 11 is 0. The molecule has 0 aliphatic carbocycles. The predicted molar refractivity (Wildman–Crippen MR) is 79.4 cm³/mol. The molecule has 2 nitrogen and oxygen atoms in total. The fraction of sp³-hybridized carbons (Fsp3) is 0.412. The molecule has 98 valence electrons. The average Bonchev–Trinajstić information content (AvgIpc) is 2.36. The van der Waals surface area contributed by atoms with Gasteiger partial charge in [0.1, 0.15) is 6.07 Å². The summed E-state index contributed by atoms with van der Waals surface area (Å²) in [6.07, 6.45) is 0. The minimum Gasteiger partial charge on any atom is -0.251 e. The third kappa shape index (κ3) is 2.46. The first-order valence-electron chi connectivity index (χ1n) is 6.79. The molecule has 2 aromatic rings. The number of aryl methyl sites for hydroxylation is 1. The molecule has 0 N–H and O–H groups in total. The van der Waals surface area contributed by atoms with Crippen LogP contribution in [-0.2, 0) is 0 Å². The summed E-state index contributed by atoms with van der Waals surface area (Å²) in [6, 6.07) is 8.62. The van der Waals surface area contributed by atoms with Crippen LogP contribution in [0.4, 0.5) is 0 Å². The number of aromatic nitrogens is 1. The Morgan fingerprint density at radius 2 is 1.74 bits per heavy atom. The molecule has 0 bridgehead atoms. The minimum atomic E-state index is 0.432. The highest BCUT2D eigenvalue weighted by Crippen LogP contribution is 2.30. The summed E-state index contributed by atoms with van der Waals surface area (Å²) in [4.78, 5) is 4.65. The van der Waals surface area contributed by atoms with Crippen molar-refractivity contribution in [2.24, 2.45) is 0 Å². The lowest BCUT2D eigenvalue weighted by Crippen LogP contribution is -1.99. The maximum Gasteiger partial charge on any atom is 0.101 e. The zero-order valence-electron chi connectivity index (χ0n) is 12.3. The number of fused-ring (bicyclic) bond motifs is 1. The number of benzene rings is 1. The Kier molecular flexibility index (Phi) is 3.57. The van der Waals surface area contributed by atoms with E-state index in [4.69, 9.17) is 5.26 Å². The van der Waals surface area contributed by atoms with Crippen LogP contribution in [0.5, 0.6) is 0 Å². The molecule has 2 heteroatoms. The number of hydrogen-bond donors (Lipinski definition) is 0. The quantitative estimate of drug-likeness (QED) is 0.779. The van der Waals surface area contributed by atoms with Crippen molar-refractivity contribution in [1.29, 1.82) is 5.26 Å². The molecule has 1 aromatic heterocycles. The summed E-state index contributed by atoms with van der Waals surface area (Å²) in [6.45, 7) is 10.7. The molecule has 0 aliphatic rings. The second kappa shape index (κ2) is 5.01. The fourth-order valence-electron chi connectivity index (χ4n) is 2.32. The molecule has 0 radical (unpaired) electrons. The fourth-order valence-corrected chi connectivity index (χ4v) is 2.32. The van der Waals surface area contributed by atoms with E-state index < -0.39 is 0 Å². The smallest absolute Gasteiger partial charge is 0.101 e. The Morgan fingerprint density at radius 1 is 1.05 bits per heavy atom. The summed E-state index contributed by atoms with van der Waals surface area (Å²) in [5.74, 6) is 0.912. The van der Waals surface area contributed by atoms with Crippen molar-refractivity contribution >= 4 is 10.9 Å². The molecule has 1 heterocycles. The van der Waals surface area contributed by atoms with Crippen LogP contribution in [0.15, 0.2) is 18.2 Å². The second-order valence-corrected chi connectivity index (χ2v) is 5.72. The van der Waals surface area contributed by atoms with Gasteiger partial charge in [-0.3, -0.25) is 4.98 Å². The van der Waals surface area contributed by atoms with Crippen molar-refractivity contribution in [2.75, 3.05) is 0 Å². The zero-order valence-corrected chi connectivity index (χ0v) is 12.3. The third-order valence-electron chi connectivity index (χ3n) is 3.57. The molecule has 0 amide bonds. The van der Waals surface area contributed by atoms with E-state index >= 15 is 0 Å². The van der Waals surface area contributed by atoms with Crippen molar-refractivity contribution < 1.29 is 0 Å². The van der Waals surface area contributed by atoms with Crippen LogP contribution in [0.25, 0.3) is 10.9 Å². The van der Waals surface area contributed by atoms with Gasteiger partial charge in [-0.15, -0.1) is 0 Å². The highest BCUT2D eigenvalue weighted by Gasteiger charge is 2.12. The molecule has 2 rings (SSSR count). The SMILES string of the molecule is Cc1nc2c(C(C)C)cc(C(C)C)cc2cc1C#N. The minimum absolute atomic E-state index is 0.432. The maximum atomic E-state index is 9.14. The molecule has 0 unspecified atom stereocenters. The van der Waals surface area contributed by atoms with Crippen molar-refractivity contribution in [1.82, 2.24) is 4.98 Å². The molecule has 0 saturated heterocycles. The maximum absolute atomic E-state index is 9.14. The Labute approximate surface area is 115 Å². The summed E-state index contributed by atoms with van der Waals surface area (Å²) in [5.41, 5.74) is 5.10. The molecular weight excluding hydrogens is 232 g/mol. The molecule has 0 atom stereocenters. The lowest BCUT2D eigenvalue weighted by Gasteiger charge is -2.15. The lowest BCUT2D eigenvalue weighted by molar-refractivity contribution is 0.839. The Balaban J connectivity index is 2.84. The average molecular weight is 252 g/mol. The summed E-state index contributed by atoms with van der Waals surface area (Å²) in [5, 5.41) is 10.2. The van der Waals surface area contributed by atoms with E-state index in [0.717, 1.165) is 16.6 Å². The van der Waals surface area contributed by atoms with E-state index in [9.17, 15) is 0 Å². The van der Waals surface area contributed by atoms with Gasteiger partial charge in [0.25, 0.3) is 0 Å². The Bertz CT molecular complexity index is 661. The number of nitriles is 1. The van der Waals surface area contributed by atoms with Gasteiger partial charge in [0.15, 0.2) is 0 Å². The predicted octanol–water partition coefficient (Wildman–Crippen LogP) is 4.66. The normalized spacial score (nSPS) is 11.3. The summed E-state index contributed by atoms with van der Waals surface area (Å²) in [7, 11) is 0. The Morgan fingerprint density at radius 3 is 2.26 bits per heavy atom. The van der Waals surface area contributed by atoms with Crippen molar-refractivity contribution in [2.45, 2.75) is 46.5 Å². The standard InChI is InChI=1S/C17H20N2/c1-10(2)13-6-14-7-15(9-18)12(5)19-17(14)16(8-13)11(3)4/h6-8,10-11H,1-5H3. The Hall–Kier alpha value is -1.88. The van der Waals surface area contributed by atoms with Crippen LogP contribution in [0.3, 0.4) is 0 Å². The monoisotopic (exact) mass is 252 g/mol.